The molecule has 0 bridgehead atoms. The van der Waals surface area contributed by atoms with Crippen LogP contribution < -0.4 is 16.0 Å². The van der Waals surface area contributed by atoms with Crippen molar-refractivity contribution in [1.82, 2.24) is 5.32 Å². The summed E-state index contributed by atoms with van der Waals surface area (Å²) in [4.78, 5) is 27.6. The zero-order valence-electron chi connectivity index (χ0n) is 20.9. The van der Waals surface area contributed by atoms with E-state index in [1.165, 1.54) is 19.1 Å². The Balaban J connectivity index is 1.70. The molecule has 0 aliphatic carbocycles. The second-order valence-corrected chi connectivity index (χ2v) is 10.0. The third-order valence-electron chi connectivity index (χ3n) is 7.38. The van der Waals surface area contributed by atoms with Gasteiger partial charge in [0.15, 0.2) is 5.78 Å². The van der Waals surface area contributed by atoms with Gasteiger partial charge in [-0.3, -0.25) is 9.59 Å². The van der Waals surface area contributed by atoms with Gasteiger partial charge in [-0.05, 0) is 56.2 Å². The molecule has 36 heavy (non-hydrogen) atoms. The largest absolute Gasteiger partial charge is 0.325 e. The topological polar surface area (TPSA) is 75.4 Å². The minimum Gasteiger partial charge on any atom is -0.325 e. The Morgan fingerprint density at radius 3 is 2.33 bits per heavy atom. The van der Waals surface area contributed by atoms with Crippen LogP contribution in [0.15, 0.2) is 66.7 Å². The highest BCUT2D eigenvalue weighted by Crippen LogP contribution is 2.50. The Hall–Kier alpha value is -3.42. The summed E-state index contributed by atoms with van der Waals surface area (Å²) in [6.07, 6.45) is 0. The number of rotatable bonds is 6. The maximum absolute atomic E-state index is 13.9. The van der Waals surface area contributed by atoms with Crippen LogP contribution in [0, 0.1) is 11.6 Å². The molecule has 3 N–H and O–H groups in total. The third kappa shape index (κ3) is 4.33. The summed E-state index contributed by atoms with van der Waals surface area (Å²) in [5.41, 5.74) is 8.79. The number of nitrogens with one attached hydrogen (secondary N) is 1. The predicted octanol–water partition coefficient (Wildman–Crippen LogP) is 4.72. The van der Waals surface area contributed by atoms with Crippen LogP contribution >= 0.6 is 0 Å². The maximum atomic E-state index is 13.9. The minimum atomic E-state index is -0.685. The molecule has 5 nitrogen and oxygen atoms in total. The van der Waals surface area contributed by atoms with Gasteiger partial charge in [-0.25, -0.2) is 8.78 Å². The highest BCUT2D eigenvalue weighted by atomic mass is 19.1. The molecule has 2 atom stereocenters. The van der Waals surface area contributed by atoms with Gasteiger partial charge >= 0.3 is 0 Å². The number of hydrogen-bond acceptors (Lipinski definition) is 4. The van der Waals surface area contributed by atoms with Gasteiger partial charge in [0.25, 0.3) is 0 Å². The van der Waals surface area contributed by atoms with Crippen molar-refractivity contribution in [3.8, 4) is 0 Å². The van der Waals surface area contributed by atoms with Crippen LogP contribution in [0.2, 0.25) is 0 Å². The van der Waals surface area contributed by atoms with E-state index < -0.39 is 28.6 Å². The Kier molecular flexibility index (Phi) is 6.82. The number of ketones is 1. The zero-order chi connectivity index (χ0) is 26.3. The van der Waals surface area contributed by atoms with Gasteiger partial charge < -0.3 is 16.0 Å². The van der Waals surface area contributed by atoms with Gasteiger partial charge in [0, 0.05) is 47.8 Å². The molecule has 1 aliphatic heterocycles. The SMILES string of the molecule is CC(=O)N1c2ccc(C(=O)CNCc3ccc(F)cc3F)cc2C(C)(c2ccccc2)C(N)C1(C)C. The number of anilines is 1. The van der Waals surface area contributed by atoms with Crippen molar-refractivity contribution in [1.29, 1.82) is 0 Å². The van der Waals surface area contributed by atoms with Crippen molar-refractivity contribution < 1.29 is 18.4 Å². The molecule has 0 saturated heterocycles. The fourth-order valence-corrected chi connectivity index (χ4v) is 5.42. The number of carbonyl (C=O) groups is 2. The number of nitrogens with two attached hydrogens (primary N) is 1. The Morgan fingerprint density at radius 2 is 1.69 bits per heavy atom. The molecule has 188 valence electrons. The first-order valence-corrected chi connectivity index (χ1v) is 11.9. The number of nitrogens with zero attached hydrogens (tertiary/aromatic N) is 1. The van der Waals surface area contributed by atoms with Crippen molar-refractivity contribution in [2.24, 2.45) is 5.73 Å². The number of halogens is 2. The summed E-state index contributed by atoms with van der Waals surface area (Å²) >= 11 is 0. The van der Waals surface area contributed by atoms with E-state index in [1.807, 2.05) is 50.2 Å². The molecule has 4 rings (SSSR count). The lowest BCUT2D eigenvalue weighted by molar-refractivity contribution is -0.118. The maximum Gasteiger partial charge on any atom is 0.224 e. The van der Waals surface area contributed by atoms with E-state index in [2.05, 4.69) is 12.2 Å². The smallest absolute Gasteiger partial charge is 0.224 e. The van der Waals surface area contributed by atoms with Crippen LogP contribution in [-0.4, -0.2) is 29.8 Å². The van der Waals surface area contributed by atoms with Crippen LogP contribution in [0.3, 0.4) is 0 Å². The third-order valence-corrected chi connectivity index (χ3v) is 7.38. The van der Waals surface area contributed by atoms with Crippen molar-refractivity contribution in [2.45, 2.75) is 51.2 Å². The predicted molar refractivity (Wildman–Crippen MR) is 137 cm³/mol. The van der Waals surface area contributed by atoms with E-state index in [0.29, 0.717) is 5.56 Å². The van der Waals surface area contributed by atoms with E-state index in [-0.39, 0.29) is 30.3 Å². The van der Waals surface area contributed by atoms with E-state index >= 15 is 0 Å². The zero-order valence-corrected chi connectivity index (χ0v) is 20.9. The van der Waals surface area contributed by atoms with Gasteiger partial charge in [0.05, 0.1) is 12.1 Å². The molecule has 7 heteroatoms. The standard InChI is InChI=1S/C29H31F2N3O2/c1-18(35)34-25-13-11-19(26(36)17-33-16-20-10-12-22(30)15-24(20)31)14-23(25)29(4,27(32)28(34,2)3)21-8-6-5-7-9-21/h5-15,27,33H,16-17,32H2,1-4H3. The average Bonchev–Trinajstić information content (AvgIpc) is 2.84. The van der Waals surface area contributed by atoms with Crippen molar-refractivity contribution in [3.63, 3.8) is 0 Å². The quantitative estimate of drug-likeness (QED) is 0.490. The van der Waals surface area contributed by atoms with Gasteiger partial charge in [-0.1, -0.05) is 36.4 Å². The monoisotopic (exact) mass is 491 g/mol. The molecular weight excluding hydrogens is 460 g/mol. The second kappa shape index (κ2) is 9.56. The van der Waals surface area contributed by atoms with Crippen LogP contribution in [0.25, 0.3) is 0 Å². The van der Waals surface area contributed by atoms with Crippen LogP contribution in [0.1, 0.15) is 54.7 Å². The lowest BCUT2D eigenvalue weighted by atomic mass is 9.61. The number of hydrogen-bond donors (Lipinski definition) is 2. The summed E-state index contributed by atoms with van der Waals surface area (Å²) in [7, 11) is 0. The molecule has 3 aromatic rings. The van der Waals surface area contributed by atoms with Crippen LogP contribution in [0.4, 0.5) is 14.5 Å². The first-order valence-electron chi connectivity index (χ1n) is 11.9. The molecule has 0 spiro atoms. The van der Waals surface area contributed by atoms with Crippen molar-refractivity contribution in [3.05, 3.63) is 101 Å². The number of fused-ring (bicyclic) bond motifs is 1. The number of benzene rings is 3. The second-order valence-electron chi connectivity index (χ2n) is 10.0. The first-order chi connectivity index (χ1) is 17.0. The summed E-state index contributed by atoms with van der Waals surface area (Å²) in [6.45, 7) is 7.53. The van der Waals surface area contributed by atoms with Crippen LogP contribution in [0.5, 0.6) is 0 Å². The molecule has 0 aromatic heterocycles. The molecule has 3 aromatic carbocycles. The highest BCUT2D eigenvalue weighted by Gasteiger charge is 2.53. The lowest BCUT2D eigenvalue weighted by Crippen LogP contribution is -2.68. The number of carbonyl (C=O) groups excluding carboxylic acids is 2. The molecule has 2 unspecified atom stereocenters. The fraction of sp³-hybridized carbons (Fsp3) is 0.310. The summed E-state index contributed by atoms with van der Waals surface area (Å²) in [5.74, 6) is -1.63. The van der Waals surface area contributed by atoms with Gasteiger partial charge in [-0.15, -0.1) is 0 Å². The molecular formula is C29H31F2N3O2. The van der Waals surface area contributed by atoms with E-state index in [1.54, 1.807) is 17.0 Å². The Morgan fingerprint density at radius 1 is 1.00 bits per heavy atom. The molecule has 0 saturated carbocycles. The van der Waals surface area contributed by atoms with E-state index in [4.69, 9.17) is 5.73 Å². The average molecular weight is 492 g/mol. The lowest BCUT2D eigenvalue weighted by Gasteiger charge is -2.55. The fourth-order valence-electron chi connectivity index (χ4n) is 5.42. The van der Waals surface area contributed by atoms with Gasteiger partial charge in [-0.2, -0.15) is 0 Å². The summed E-state index contributed by atoms with van der Waals surface area (Å²) < 4.78 is 27.1. The van der Waals surface area contributed by atoms with Crippen LogP contribution in [-0.2, 0) is 16.8 Å². The molecule has 1 amide bonds. The minimum absolute atomic E-state index is 0.0361. The highest BCUT2D eigenvalue weighted by molar-refractivity contribution is 6.00. The Labute approximate surface area is 210 Å². The molecule has 0 fully saturated rings. The van der Waals surface area contributed by atoms with E-state index in [0.717, 1.165) is 22.9 Å². The van der Waals surface area contributed by atoms with E-state index in [9.17, 15) is 18.4 Å². The number of Topliss-reactive ketones (excluding diaryl/α,β-unsaturated/α-hetero) is 1. The van der Waals surface area contributed by atoms with Gasteiger partial charge in [0.1, 0.15) is 11.6 Å². The Bertz CT molecular complexity index is 1310. The molecule has 0 radical (unpaired) electrons. The summed E-state index contributed by atoms with van der Waals surface area (Å²) in [6, 6.07) is 18.1. The number of amides is 1. The normalized spacial score (nSPS) is 20.6. The van der Waals surface area contributed by atoms with Gasteiger partial charge in [0.2, 0.25) is 5.91 Å². The van der Waals surface area contributed by atoms with Crippen molar-refractivity contribution in [2.75, 3.05) is 11.4 Å². The summed E-state index contributed by atoms with van der Waals surface area (Å²) in [5, 5.41) is 2.94. The van der Waals surface area contributed by atoms with Crippen molar-refractivity contribution >= 4 is 17.4 Å². The molecule has 1 aliphatic rings. The molecule has 1 heterocycles. The first kappa shape index (κ1) is 25.7.